The van der Waals surface area contributed by atoms with Gasteiger partial charge in [-0.25, -0.2) is 9.18 Å². The van der Waals surface area contributed by atoms with Crippen LogP contribution in [0.4, 0.5) is 10.1 Å². The van der Waals surface area contributed by atoms with Crippen molar-refractivity contribution in [2.45, 2.75) is 19.5 Å². The van der Waals surface area contributed by atoms with E-state index < -0.39 is 17.1 Å². The average Bonchev–Trinajstić information content (AvgIpc) is 3.12. The first-order valence-corrected chi connectivity index (χ1v) is 9.83. The molecule has 0 fully saturated rings. The van der Waals surface area contributed by atoms with Crippen LogP contribution in [0.1, 0.15) is 12.1 Å². The molecule has 0 aliphatic rings. The summed E-state index contributed by atoms with van der Waals surface area (Å²) in [6, 6.07) is 8.85. The molecule has 0 atom stereocenters. The summed E-state index contributed by atoms with van der Waals surface area (Å²) in [5.41, 5.74) is 5.85. The Morgan fingerprint density at radius 3 is 2.69 bits per heavy atom. The molecule has 0 saturated carbocycles. The quantitative estimate of drug-likeness (QED) is 0.442. The average molecular weight is 440 g/mol. The molecule has 10 nitrogen and oxygen atoms in total. The number of fused-ring (bicyclic) bond motifs is 1. The molecule has 0 unspecified atom stereocenters. The van der Waals surface area contributed by atoms with Crippen molar-refractivity contribution in [3.8, 4) is 11.8 Å². The molecular weight excluding hydrogens is 419 g/mol. The van der Waals surface area contributed by atoms with Crippen LogP contribution in [-0.2, 0) is 20.1 Å². The van der Waals surface area contributed by atoms with E-state index in [0.29, 0.717) is 11.4 Å². The van der Waals surface area contributed by atoms with Crippen LogP contribution in [0.2, 0.25) is 0 Å². The second kappa shape index (κ2) is 8.63. The number of aryl methyl sites for hydroxylation is 1. The second-order valence-electron chi connectivity index (χ2n) is 7.17. The Kier molecular flexibility index (Phi) is 5.73. The number of benzene rings is 1. The van der Waals surface area contributed by atoms with Crippen LogP contribution in [0.25, 0.3) is 11.2 Å². The number of aromatic nitrogens is 5. The fourth-order valence-corrected chi connectivity index (χ4v) is 3.33. The zero-order valence-electron chi connectivity index (χ0n) is 17.2. The third-order valence-corrected chi connectivity index (χ3v) is 4.91. The number of hydrogen-bond donors (Lipinski definition) is 2. The van der Waals surface area contributed by atoms with Crippen LogP contribution in [0, 0.1) is 5.82 Å². The summed E-state index contributed by atoms with van der Waals surface area (Å²) in [4.78, 5) is 34.6. The summed E-state index contributed by atoms with van der Waals surface area (Å²) < 4.78 is 23.2. The lowest BCUT2D eigenvalue weighted by atomic mass is 10.3. The number of rotatable bonds is 7. The Balaban J connectivity index is 1.93. The van der Waals surface area contributed by atoms with Gasteiger partial charge < -0.3 is 15.6 Å². The summed E-state index contributed by atoms with van der Waals surface area (Å²) >= 11 is 0. The fourth-order valence-electron chi connectivity index (χ4n) is 3.33. The second-order valence-corrected chi connectivity index (χ2v) is 7.17. The van der Waals surface area contributed by atoms with Gasteiger partial charge in [0, 0.05) is 26.3 Å². The van der Waals surface area contributed by atoms with Crippen molar-refractivity contribution in [2.75, 3.05) is 12.3 Å². The normalized spacial score (nSPS) is 11.2. The van der Waals surface area contributed by atoms with Crippen molar-refractivity contribution in [1.29, 1.82) is 0 Å². The van der Waals surface area contributed by atoms with Gasteiger partial charge in [-0.1, -0.05) is 6.07 Å². The number of nitrogens with two attached hydrogens (primary N) is 1. The maximum absolute atomic E-state index is 13.7. The van der Waals surface area contributed by atoms with Gasteiger partial charge in [-0.15, -0.1) is 0 Å². The first kappa shape index (κ1) is 21.2. The van der Waals surface area contributed by atoms with Crippen molar-refractivity contribution >= 4 is 16.9 Å². The number of ether oxygens (including phenoxy) is 1. The smallest absolute Gasteiger partial charge is 0.332 e. The van der Waals surface area contributed by atoms with Crippen molar-refractivity contribution < 1.29 is 14.2 Å². The van der Waals surface area contributed by atoms with E-state index in [1.54, 1.807) is 18.2 Å². The van der Waals surface area contributed by atoms with E-state index in [2.05, 4.69) is 9.97 Å². The number of halogens is 1. The highest BCUT2D eigenvalue weighted by atomic mass is 19.1. The molecule has 0 amide bonds. The highest BCUT2D eigenvalue weighted by Crippen LogP contribution is 2.25. The third kappa shape index (κ3) is 3.97. The third-order valence-electron chi connectivity index (χ3n) is 4.91. The molecule has 0 bridgehead atoms. The van der Waals surface area contributed by atoms with E-state index in [1.807, 2.05) is 0 Å². The van der Waals surface area contributed by atoms with Crippen LogP contribution in [0.3, 0.4) is 0 Å². The molecule has 4 aromatic rings. The first-order valence-electron chi connectivity index (χ1n) is 9.83. The zero-order valence-corrected chi connectivity index (χ0v) is 17.2. The van der Waals surface area contributed by atoms with E-state index in [-0.39, 0.29) is 49.0 Å². The summed E-state index contributed by atoms with van der Waals surface area (Å²) in [7, 11) is 1.49. The van der Waals surface area contributed by atoms with E-state index in [1.165, 1.54) is 40.6 Å². The Morgan fingerprint density at radius 1 is 1.19 bits per heavy atom. The standard InChI is InChI=1S/C21H21FN6O4/c1-26-18-17(19(30)27(21(26)31)8-3-9-29)28(12-15-7-6-14(23)11-24-15)20(25-18)32-16-5-2-4-13(22)10-16/h2,4-7,10-11,29H,3,8-9,12,23H2,1H3. The Bertz CT molecular complexity index is 1390. The van der Waals surface area contributed by atoms with Gasteiger partial charge >= 0.3 is 11.7 Å². The topological polar surface area (TPSA) is 130 Å². The summed E-state index contributed by atoms with van der Waals surface area (Å²) in [6.07, 6.45) is 1.72. The number of nitrogen functional groups attached to an aromatic ring is 1. The molecule has 0 aliphatic heterocycles. The lowest BCUT2D eigenvalue weighted by Crippen LogP contribution is -2.39. The zero-order chi connectivity index (χ0) is 22.8. The first-order chi connectivity index (χ1) is 15.4. The maximum atomic E-state index is 13.7. The number of imidazole rings is 1. The maximum Gasteiger partial charge on any atom is 0.332 e. The molecular formula is C21H21FN6O4. The number of aliphatic hydroxyl groups is 1. The highest BCUT2D eigenvalue weighted by molar-refractivity contribution is 5.72. The highest BCUT2D eigenvalue weighted by Gasteiger charge is 2.22. The molecule has 0 saturated heterocycles. The molecule has 0 spiro atoms. The SMILES string of the molecule is Cn1c(=O)n(CCCO)c(=O)c2c1nc(Oc1cccc(F)c1)n2Cc1ccc(N)cn1. The summed E-state index contributed by atoms with van der Waals surface area (Å²) in [5.74, 6) is -0.318. The van der Waals surface area contributed by atoms with Crippen molar-refractivity contribution in [1.82, 2.24) is 23.7 Å². The van der Waals surface area contributed by atoms with Crippen LogP contribution in [0.5, 0.6) is 11.8 Å². The van der Waals surface area contributed by atoms with Gasteiger partial charge in [0.15, 0.2) is 11.2 Å². The minimum absolute atomic E-state index is 0.00349. The molecule has 3 heterocycles. The van der Waals surface area contributed by atoms with Gasteiger partial charge in [0.1, 0.15) is 11.6 Å². The molecule has 0 radical (unpaired) electrons. The van der Waals surface area contributed by atoms with Crippen LogP contribution < -0.4 is 21.7 Å². The lowest BCUT2D eigenvalue weighted by molar-refractivity contribution is 0.277. The van der Waals surface area contributed by atoms with Crippen LogP contribution in [-0.4, -0.2) is 35.4 Å². The van der Waals surface area contributed by atoms with Gasteiger partial charge in [-0.05, 0) is 30.7 Å². The molecule has 3 aromatic heterocycles. The monoisotopic (exact) mass is 440 g/mol. The predicted octanol–water partition coefficient (Wildman–Crippen LogP) is 1.24. The predicted molar refractivity (Wildman–Crippen MR) is 115 cm³/mol. The van der Waals surface area contributed by atoms with Gasteiger partial charge in [0.25, 0.3) is 5.56 Å². The van der Waals surface area contributed by atoms with Crippen LogP contribution in [0.15, 0.2) is 52.2 Å². The fraction of sp³-hybridized carbons (Fsp3) is 0.238. The minimum atomic E-state index is -0.575. The summed E-state index contributed by atoms with van der Waals surface area (Å²) in [5, 5.41) is 9.14. The molecule has 32 heavy (non-hydrogen) atoms. The Hall–Kier alpha value is -3.99. The van der Waals surface area contributed by atoms with E-state index in [0.717, 1.165) is 4.57 Å². The van der Waals surface area contributed by atoms with Crippen LogP contribution >= 0.6 is 0 Å². The van der Waals surface area contributed by atoms with E-state index in [4.69, 9.17) is 15.6 Å². The molecule has 4 rings (SSSR count). The largest absolute Gasteiger partial charge is 0.425 e. The van der Waals surface area contributed by atoms with Gasteiger partial charge in [-0.2, -0.15) is 4.98 Å². The number of pyridine rings is 1. The number of anilines is 1. The van der Waals surface area contributed by atoms with Gasteiger partial charge in [0.2, 0.25) is 0 Å². The molecule has 11 heteroatoms. The number of aliphatic hydroxyl groups excluding tert-OH is 1. The lowest BCUT2D eigenvalue weighted by Gasteiger charge is -2.11. The minimum Gasteiger partial charge on any atom is -0.425 e. The van der Waals surface area contributed by atoms with Crippen molar-refractivity contribution in [2.24, 2.45) is 7.05 Å². The summed E-state index contributed by atoms with van der Waals surface area (Å²) in [6.45, 7) is -0.0333. The van der Waals surface area contributed by atoms with Crippen molar-refractivity contribution in [3.05, 3.63) is 74.9 Å². The number of hydrogen-bond acceptors (Lipinski definition) is 7. The molecule has 3 N–H and O–H groups in total. The molecule has 0 aliphatic carbocycles. The Morgan fingerprint density at radius 2 is 2.00 bits per heavy atom. The number of nitrogens with zero attached hydrogens (tertiary/aromatic N) is 5. The van der Waals surface area contributed by atoms with Gasteiger partial charge in [-0.3, -0.25) is 23.5 Å². The Labute approximate surface area is 181 Å². The van der Waals surface area contributed by atoms with E-state index in [9.17, 15) is 14.0 Å². The molecule has 166 valence electrons. The molecule has 1 aromatic carbocycles. The van der Waals surface area contributed by atoms with Crippen molar-refractivity contribution in [3.63, 3.8) is 0 Å². The van der Waals surface area contributed by atoms with Gasteiger partial charge in [0.05, 0.1) is 24.1 Å². The van der Waals surface area contributed by atoms with E-state index >= 15 is 0 Å².